The van der Waals surface area contributed by atoms with Gasteiger partial charge in [-0.1, -0.05) is 17.2 Å². The number of fused-ring (bicyclic) bond motifs is 2. The molecule has 1 atom stereocenters. The van der Waals surface area contributed by atoms with Gasteiger partial charge in [0, 0.05) is 0 Å². The van der Waals surface area contributed by atoms with Crippen LogP contribution < -0.4 is 0 Å². The quantitative estimate of drug-likeness (QED) is 0.509. The van der Waals surface area contributed by atoms with E-state index in [-0.39, 0.29) is 0 Å². The molecule has 0 aromatic rings. The van der Waals surface area contributed by atoms with Crippen LogP contribution in [0.5, 0.6) is 0 Å². The van der Waals surface area contributed by atoms with Crippen molar-refractivity contribution in [3.05, 3.63) is 23.8 Å². The first-order chi connectivity index (χ1) is 4.90. The molecule has 0 heteroatoms. The van der Waals surface area contributed by atoms with E-state index in [1.165, 1.54) is 25.7 Å². The standard InChI is InChI=1S/C10H14/c1-2-3-9-6-8-4-5-10(9)7-8/h2,8H,1,3-7H2. The molecule has 2 bridgehead atoms. The molecule has 2 rings (SSSR count). The zero-order chi connectivity index (χ0) is 6.97. The van der Waals surface area contributed by atoms with Crippen LogP contribution >= 0.6 is 0 Å². The second kappa shape index (κ2) is 2.26. The summed E-state index contributed by atoms with van der Waals surface area (Å²) in [5.74, 6) is 1.03. The Morgan fingerprint density at radius 1 is 1.50 bits per heavy atom. The van der Waals surface area contributed by atoms with Crippen LogP contribution in [0, 0.1) is 5.92 Å². The lowest BCUT2D eigenvalue weighted by Gasteiger charge is -2.08. The summed E-state index contributed by atoms with van der Waals surface area (Å²) in [4.78, 5) is 0. The topological polar surface area (TPSA) is 0 Å². The summed E-state index contributed by atoms with van der Waals surface area (Å²) in [5.41, 5.74) is 3.48. The van der Waals surface area contributed by atoms with Crippen LogP contribution in [0.25, 0.3) is 0 Å². The van der Waals surface area contributed by atoms with Gasteiger partial charge in [-0.25, -0.2) is 0 Å². The monoisotopic (exact) mass is 134 g/mol. The van der Waals surface area contributed by atoms with Gasteiger partial charge in [-0.05, 0) is 38.0 Å². The van der Waals surface area contributed by atoms with Crippen LogP contribution in [0.3, 0.4) is 0 Å². The fraction of sp³-hybridized carbons (Fsp3) is 0.600. The van der Waals surface area contributed by atoms with E-state index in [1.54, 1.807) is 11.1 Å². The van der Waals surface area contributed by atoms with Crippen molar-refractivity contribution in [2.75, 3.05) is 0 Å². The van der Waals surface area contributed by atoms with Gasteiger partial charge in [0.25, 0.3) is 0 Å². The number of allylic oxidation sites excluding steroid dienone is 3. The SMILES string of the molecule is C=CCC1=C2CCC(C1)C2. The molecule has 10 heavy (non-hydrogen) atoms. The Hall–Kier alpha value is -0.520. The average Bonchev–Trinajstić information content (AvgIpc) is 2.48. The first kappa shape index (κ1) is 6.21. The van der Waals surface area contributed by atoms with Crippen LogP contribution in [0.2, 0.25) is 0 Å². The summed E-state index contributed by atoms with van der Waals surface area (Å²) in [5, 5.41) is 0. The highest BCUT2D eigenvalue weighted by Crippen LogP contribution is 2.45. The zero-order valence-electron chi connectivity index (χ0n) is 6.40. The Morgan fingerprint density at radius 2 is 2.40 bits per heavy atom. The minimum absolute atomic E-state index is 1.03. The molecule has 0 aromatic heterocycles. The maximum absolute atomic E-state index is 3.77. The van der Waals surface area contributed by atoms with Gasteiger partial charge in [0.2, 0.25) is 0 Å². The normalized spacial score (nSPS) is 29.8. The summed E-state index contributed by atoms with van der Waals surface area (Å²) in [7, 11) is 0. The van der Waals surface area contributed by atoms with E-state index in [0.717, 1.165) is 12.3 Å². The molecule has 54 valence electrons. The number of hydrogen-bond donors (Lipinski definition) is 0. The second-order valence-electron chi connectivity index (χ2n) is 3.51. The van der Waals surface area contributed by atoms with Crippen LogP contribution in [0.1, 0.15) is 32.1 Å². The third-order valence-electron chi connectivity index (χ3n) is 2.82. The van der Waals surface area contributed by atoms with Gasteiger partial charge >= 0.3 is 0 Å². The van der Waals surface area contributed by atoms with Crippen molar-refractivity contribution in [3.63, 3.8) is 0 Å². The van der Waals surface area contributed by atoms with Gasteiger partial charge in [-0.15, -0.1) is 6.58 Å². The minimum Gasteiger partial charge on any atom is -0.103 e. The van der Waals surface area contributed by atoms with Crippen LogP contribution in [0.15, 0.2) is 23.8 Å². The fourth-order valence-electron chi connectivity index (χ4n) is 2.32. The highest BCUT2D eigenvalue weighted by molar-refractivity contribution is 5.27. The molecule has 2 aliphatic carbocycles. The highest BCUT2D eigenvalue weighted by Gasteiger charge is 2.28. The smallest absolute Gasteiger partial charge is 0.0139 e. The molecule has 0 aromatic carbocycles. The summed E-state index contributed by atoms with van der Waals surface area (Å²) in [6.45, 7) is 3.77. The molecule has 0 nitrogen and oxygen atoms in total. The van der Waals surface area contributed by atoms with Crippen LogP contribution in [0.4, 0.5) is 0 Å². The summed E-state index contributed by atoms with van der Waals surface area (Å²) < 4.78 is 0. The third-order valence-corrected chi connectivity index (χ3v) is 2.82. The predicted octanol–water partition coefficient (Wildman–Crippen LogP) is 3.06. The number of rotatable bonds is 2. The van der Waals surface area contributed by atoms with E-state index in [1.807, 2.05) is 6.08 Å². The summed E-state index contributed by atoms with van der Waals surface area (Å²) >= 11 is 0. The maximum atomic E-state index is 3.77. The van der Waals surface area contributed by atoms with Gasteiger partial charge in [0.1, 0.15) is 0 Å². The zero-order valence-corrected chi connectivity index (χ0v) is 6.40. The van der Waals surface area contributed by atoms with E-state index in [4.69, 9.17) is 0 Å². The Balaban J connectivity index is 2.14. The molecule has 2 aliphatic rings. The largest absolute Gasteiger partial charge is 0.103 e. The Morgan fingerprint density at radius 3 is 2.90 bits per heavy atom. The molecule has 0 saturated heterocycles. The predicted molar refractivity (Wildman–Crippen MR) is 43.8 cm³/mol. The third kappa shape index (κ3) is 0.828. The van der Waals surface area contributed by atoms with Gasteiger partial charge in [0.05, 0.1) is 0 Å². The molecule has 0 N–H and O–H groups in total. The minimum atomic E-state index is 1.03. The Bertz CT molecular complexity index is 186. The molecular weight excluding hydrogens is 120 g/mol. The van der Waals surface area contributed by atoms with E-state index >= 15 is 0 Å². The molecular formula is C10H14. The van der Waals surface area contributed by atoms with Crippen LogP contribution in [-0.2, 0) is 0 Å². The molecule has 0 heterocycles. The van der Waals surface area contributed by atoms with Crippen molar-refractivity contribution in [1.29, 1.82) is 0 Å². The van der Waals surface area contributed by atoms with Crippen molar-refractivity contribution in [1.82, 2.24) is 0 Å². The van der Waals surface area contributed by atoms with E-state index in [9.17, 15) is 0 Å². The van der Waals surface area contributed by atoms with Crippen molar-refractivity contribution >= 4 is 0 Å². The second-order valence-corrected chi connectivity index (χ2v) is 3.51. The fourth-order valence-corrected chi connectivity index (χ4v) is 2.32. The molecule has 0 aliphatic heterocycles. The first-order valence-electron chi connectivity index (χ1n) is 4.21. The lowest BCUT2D eigenvalue weighted by molar-refractivity contribution is 0.559. The van der Waals surface area contributed by atoms with E-state index < -0.39 is 0 Å². The Kier molecular flexibility index (Phi) is 1.40. The Labute approximate surface area is 62.6 Å². The molecule has 1 unspecified atom stereocenters. The van der Waals surface area contributed by atoms with E-state index in [0.29, 0.717) is 0 Å². The molecule has 0 radical (unpaired) electrons. The van der Waals surface area contributed by atoms with Gasteiger partial charge in [-0.3, -0.25) is 0 Å². The van der Waals surface area contributed by atoms with Crippen molar-refractivity contribution < 1.29 is 0 Å². The summed E-state index contributed by atoms with van der Waals surface area (Å²) in [6.07, 6.45) is 8.88. The van der Waals surface area contributed by atoms with Crippen molar-refractivity contribution in [3.8, 4) is 0 Å². The average molecular weight is 134 g/mol. The molecule has 0 amide bonds. The maximum Gasteiger partial charge on any atom is -0.0139 e. The molecule has 0 spiro atoms. The lowest BCUT2D eigenvalue weighted by atomic mass is 9.97. The van der Waals surface area contributed by atoms with Crippen LogP contribution in [-0.4, -0.2) is 0 Å². The molecule has 1 fully saturated rings. The van der Waals surface area contributed by atoms with Gasteiger partial charge in [-0.2, -0.15) is 0 Å². The van der Waals surface area contributed by atoms with Crippen molar-refractivity contribution in [2.24, 2.45) is 5.92 Å². The van der Waals surface area contributed by atoms with Crippen molar-refractivity contribution in [2.45, 2.75) is 32.1 Å². The van der Waals surface area contributed by atoms with E-state index in [2.05, 4.69) is 6.58 Å². The van der Waals surface area contributed by atoms with Gasteiger partial charge in [0.15, 0.2) is 0 Å². The highest BCUT2D eigenvalue weighted by atomic mass is 14.3. The summed E-state index contributed by atoms with van der Waals surface area (Å²) in [6, 6.07) is 0. The number of hydrogen-bond acceptors (Lipinski definition) is 0. The first-order valence-corrected chi connectivity index (χ1v) is 4.21. The lowest BCUT2D eigenvalue weighted by Crippen LogP contribution is -1.92. The molecule has 1 saturated carbocycles. The van der Waals surface area contributed by atoms with Gasteiger partial charge < -0.3 is 0 Å².